The Morgan fingerprint density at radius 1 is 1.21 bits per heavy atom. The molecule has 0 saturated carbocycles. The molecule has 0 spiro atoms. The lowest BCUT2D eigenvalue weighted by Crippen LogP contribution is -2.43. The molecule has 1 saturated heterocycles. The number of hydrogen-bond acceptors (Lipinski definition) is 5. The number of fused-ring (bicyclic) bond motifs is 1. The highest BCUT2D eigenvalue weighted by Gasteiger charge is 2.19. The summed E-state index contributed by atoms with van der Waals surface area (Å²) in [5.41, 5.74) is 2.71. The molecular formula is C21H23Cl2N3O2S. The number of carbonyl (C=O) groups is 1. The Balaban J connectivity index is 0.00000240. The molecule has 2 N–H and O–H groups in total. The van der Waals surface area contributed by atoms with E-state index in [1.165, 1.54) is 11.3 Å². The highest BCUT2D eigenvalue weighted by molar-refractivity contribution is 7.21. The molecule has 2 aromatic carbocycles. The average Bonchev–Trinajstić information content (AvgIpc) is 3.05. The number of aryl methyl sites for hydroxylation is 1. The van der Waals surface area contributed by atoms with Gasteiger partial charge in [-0.3, -0.25) is 4.79 Å². The Morgan fingerprint density at radius 2 is 1.97 bits per heavy atom. The summed E-state index contributed by atoms with van der Waals surface area (Å²) in [6.45, 7) is 5.64. The van der Waals surface area contributed by atoms with Gasteiger partial charge >= 0.3 is 0 Å². The highest BCUT2D eigenvalue weighted by atomic mass is 35.5. The van der Waals surface area contributed by atoms with Crippen LogP contribution in [-0.2, 0) is 0 Å². The van der Waals surface area contributed by atoms with Crippen LogP contribution in [0.1, 0.15) is 15.2 Å². The zero-order chi connectivity index (χ0) is 19.7. The van der Waals surface area contributed by atoms with Gasteiger partial charge in [0, 0.05) is 41.6 Å². The Bertz CT molecular complexity index is 1030. The summed E-state index contributed by atoms with van der Waals surface area (Å²) in [6, 6.07) is 11.5. The molecule has 1 aromatic heterocycles. The van der Waals surface area contributed by atoms with E-state index in [2.05, 4.69) is 15.5 Å². The van der Waals surface area contributed by atoms with Crippen LogP contribution in [0.3, 0.4) is 0 Å². The summed E-state index contributed by atoms with van der Waals surface area (Å²) >= 11 is 7.60. The topological polar surface area (TPSA) is 53.6 Å². The average molecular weight is 452 g/mol. The van der Waals surface area contributed by atoms with Crippen molar-refractivity contribution in [3.05, 3.63) is 51.9 Å². The van der Waals surface area contributed by atoms with Crippen molar-refractivity contribution in [2.24, 2.45) is 0 Å². The molecule has 5 nitrogen and oxygen atoms in total. The summed E-state index contributed by atoms with van der Waals surface area (Å²) in [5.74, 6) is 0.707. The van der Waals surface area contributed by atoms with Gasteiger partial charge in [-0.05, 0) is 54.3 Å². The lowest BCUT2D eigenvalue weighted by atomic mass is 10.1. The van der Waals surface area contributed by atoms with Crippen molar-refractivity contribution < 1.29 is 9.53 Å². The van der Waals surface area contributed by atoms with Crippen LogP contribution >= 0.6 is 35.3 Å². The number of amides is 1. The van der Waals surface area contributed by atoms with E-state index in [0.717, 1.165) is 59.0 Å². The summed E-state index contributed by atoms with van der Waals surface area (Å²) < 4.78 is 6.59. The van der Waals surface area contributed by atoms with Crippen LogP contribution in [-0.4, -0.2) is 39.2 Å². The number of nitrogens with zero attached hydrogens (tertiary/aromatic N) is 1. The van der Waals surface area contributed by atoms with Gasteiger partial charge in [0.25, 0.3) is 5.91 Å². The number of nitrogens with one attached hydrogen (secondary N) is 2. The van der Waals surface area contributed by atoms with E-state index in [0.29, 0.717) is 9.90 Å². The van der Waals surface area contributed by atoms with Crippen molar-refractivity contribution in [2.75, 3.05) is 43.5 Å². The second kappa shape index (κ2) is 9.22. The van der Waals surface area contributed by atoms with Crippen LogP contribution in [0.5, 0.6) is 5.75 Å². The molecule has 0 unspecified atom stereocenters. The van der Waals surface area contributed by atoms with Crippen LogP contribution in [0.2, 0.25) is 5.02 Å². The van der Waals surface area contributed by atoms with E-state index >= 15 is 0 Å². The van der Waals surface area contributed by atoms with E-state index in [1.54, 1.807) is 7.11 Å². The summed E-state index contributed by atoms with van der Waals surface area (Å²) in [7, 11) is 1.67. The Hall–Kier alpha value is -1.99. The number of anilines is 2. The fourth-order valence-electron chi connectivity index (χ4n) is 3.52. The van der Waals surface area contributed by atoms with Gasteiger partial charge in [-0.15, -0.1) is 23.7 Å². The van der Waals surface area contributed by atoms with Gasteiger partial charge in [0.05, 0.1) is 17.7 Å². The van der Waals surface area contributed by atoms with Gasteiger partial charge in [-0.1, -0.05) is 11.6 Å². The van der Waals surface area contributed by atoms with Crippen LogP contribution < -0.4 is 20.3 Å². The molecule has 0 atom stereocenters. The molecule has 1 aliphatic rings. The fourth-order valence-corrected chi connectivity index (χ4v) is 4.78. The van der Waals surface area contributed by atoms with Gasteiger partial charge in [-0.2, -0.15) is 0 Å². The first-order valence-corrected chi connectivity index (χ1v) is 10.4. The van der Waals surface area contributed by atoms with E-state index in [4.69, 9.17) is 16.3 Å². The van der Waals surface area contributed by atoms with Gasteiger partial charge in [0.15, 0.2) is 0 Å². The van der Waals surface area contributed by atoms with E-state index in [1.807, 2.05) is 43.3 Å². The Kier molecular flexibility index (Phi) is 6.90. The van der Waals surface area contributed by atoms with E-state index < -0.39 is 0 Å². The normalized spacial score (nSPS) is 13.8. The number of hydrogen-bond donors (Lipinski definition) is 2. The maximum Gasteiger partial charge on any atom is 0.266 e. The molecular weight excluding hydrogens is 429 g/mol. The predicted molar refractivity (Wildman–Crippen MR) is 125 cm³/mol. The van der Waals surface area contributed by atoms with Crippen molar-refractivity contribution in [3.63, 3.8) is 0 Å². The lowest BCUT2D eigenvalue weighted by molar-refractivity contribution is 0.103. The van der Waals surface area contributed by atoms with Crippen LogP contribution in [0, 0.1) is 6.92 Å². The van der Waals surface area contributed by atoms with E-state index in [-0.39, 0.29) is 18.3 Å². The first-order valence-electron chi connectivity index (χ1n) is 9.20. The van der Waals surface area contributed by atoms with E-state index in [9.17, 15) is 4.79 Å². The predicted octanol–water partition coefficient (Wildman–Crippen LogP) is 4.96. The first-order chi connectivity index (χ1) is 13.6. The molecule has 0 bridgehead atoms. The number of thiophene rings is 1. The molecule has 8 heteroatoms. The zero-order valence-corrected chi connectivity index (χ0v) is 18.6. The van der Waals surface area contributed by atoms with Crippen LogP contribution in [0.15, 0.2) is 36.4 Å². The smallest absolute Gasteiger partial charge is 0.266 e. The second-order valence-corrected chi connectivity index (χ2v) is 8.26. The molecule has 0 aliphatic carbocycles. The third-order valence-electron chi connectivity index (χ3n) is 5.00. The SMILES string of the molecule is COc1ccc(NC(=O)c2sc3ccc(Cl)cc3c2C)cc1N1CCNCC1.Cl. The highest BCUT2D eigenvalue weighted by Crippen LogP contribution is 2.35. The fraction of sp³-hybridized carbons (Fsp3) is 0.286. The first kappa shape index (κ1) is 21.7. The Labute approximate surface area is 185 Å². The molecule has 0 radical (unpaired) electrons. The minimum absolute atomic E-state index is 0. The van der Waals surface area contributed by atoms with Gasteiger partial charge in [-0.25, -0.2) is 0 Å². The largest absolute Gasteiger partial charge is 0.495 e. The number of rotatable bonds is 4. The lowest BCUT2D eigenvalue weighted by Gasteiger charge is -2.30. The number of methoxy groups -OCH3 is 1. The van der Waals surface area contributed by atoms with Gasteiger partial charge in [0.1, 0.15) is 5.75 Å². The maximum absolute atomic E-state index is 12.9. The molecule has 29 heavy (non-hydrogen) atoms. The summed E-state index contributed by atoms with van der Waals surface area (Å²) in [6.07, 6.45) is 0. The summed E-state index contributed by atoms with van der Waals surface area (Å²) in [5, 5.41) is 8.10. The summed E-state index contributed by atoms with van der Waals surface area (Å²) in [4.78, 5) is 15.9. The third-order valence-corrected chi connectivity index (χ3v) is 6.51. The minimum Gasteiger partial charge on any atom is -0.495 e. The molecule has 1 fully saturated rings. The van der Waals surface area contributed by atoms with Crippen molar-refractivity contribution in [1.82, 2.24) is 5.32 Å². The molecule has 3 aromatic rings. The molecule has 1 aliphatic heterocycles. The maximum atomic E-state index is 12.9. The van der Waals surface area contributed by atoms with Crippen LogP contribution in [0.4, 0.5) is 11.4 Å². The number of halogens is 2. The van der Waals surface area contributed by atoms with Crippen molar-refractivity contribution in [1.29, 1.82) is 0 Å². The number of benzene rings is 2. The van der Waals surface area contributed by atoms with Crippen molar-refractivity contribution in [2.45, 2.75) is 6.92 Å². The zero-order valence-electron chi connectivity index (χ0n) is 16.3. The molecule has 154 valence electrons. The van der Waals surface area contributed by atoms with Gasteiger partial charge < -0.3 is 20.3 Å². The second-order valence-electron chi connectivity index (χ2n) is 6.77. The van der Waals surface area contributed by atoms with Gasteiger partial charge in [0.2, 0.25) is 0 Å². The number of ether oxygens (including phenoxy) is 1. The molecule has 2 heterocycles. The number of piperazine rings is 1. The number of carbonyl (C=O) groups excluding carboxylic acids is 1. The van der Waals surface area contributed by atoms with Crippen LogP contribution in [0.25, 0.3) is 10.1 Å². The quantitative estimate of drug-likeness (QED) is 0.588. The standard InChI is InChI=1S/C21H22ClN3O2S.ClH/c1-13-16-11-14(22)3-6-19(16)28-20(13)21(26)24-15-4-5-18(27-2)17(12-15)25-9-7-23-8-10-25;/h3-6,11-12,23H,7-10H2,1-2H3,(H,24,26);1H. The van der Waals surface area contributed by atoms with Crippen molar-refractivity contribution in [3.8, 4) is 5.75 Å². The molecule has 4 rings (SSSR count). The van der Waals surface area contributed by atoms with Crippen molar-refractivity contribution >= 4 is 62.7 Å². The molecule has 1 amide bonds. The minimum atomic E-state index is -0.105. The monoisotopic (exact) mass is 451 g/mol. The Morgan fingerprint density at radius 3 is 2.69 bits per heavy atom. The third kappa shape index (κ3) is 4.46.